The summed E-state index contributed by atoms with van der Waals surface area (Å²) in [5.74, 6) is 0.946. The van der Waals surface area contributed by atoms with Crippen LogP contribution in [0, 0.1) is 17.3 Å². The molecular formula is C16H21F. The largest absolute Gasteiger partial charge is 0.242 e. The first kappa shape index (κ1) is 12.3. The molecule has 0 saturated heterocycles. The molecule has 17 heavy (non-hydrogen) atoms. The third-order valence-electron chi connectivity index (χ3n) is 3.99. The lowest BCUT2D eigenvalue weighted by Gasteiger charge is -2.35. The minimum Gasteiger partial charge on any atom is -0.242 e. The van der Waals surface area contributed by atoms with Gasteiger partial charge in [-0.2, -0.15) is 0 Å². The molecule has 2 rings (SSSR count). The fourth-order valence-corrected chi connectivity index (χ4v) is 2.67. The molecule has 0 N–H and O–H groups in total. The first-order valence-electron chi connectivity index (χ1n) is 6.38. The predicted molar refractivity (Wildman–Crippen MR) is 71.5 cm³/mol. The molecule has 0 radical (unpaired) electrons. The Morgan fingerprint density at radius 1 is 1.29 bits per heavy atom. The van der Waals surface area contributed by atoms with Gasteiger partial charge >= 0.3 is 0 Å². The highest BCUT2D eigenvalue weighted by Crippen LogP contribution is 2.40. The molecular weight excluding hydrogens is 211 g/mol. The summed E-state index contributed by atoms with van der Waals surface area (Å²) >= 11 is 0. The van der Waals surface area contributed by atoms with Crippen LogP contribution in [0.15, 0.2) is 48.1 Å². The molecule has 0 heterocycles. The number of alkyl halides is 1. The van der Waals surface area contributed by atoms with Crippen LogP contribution in [0.3, 0.4) is 0 Å². The molecule has 0 bridgehead atoms. The Kier molecular flexibility index (Phi) is 3.37. The zero-order valence-electron chi connectivity index (χ0n) is 10.9. The lowest BCUT2D eigenvalue weighted by atomic mass is 9.71. The molecule has 0 aromatic rings. The van der Waals surface area contributed by atoms with E-state index in [-0.39, 0.29) is 5.41 Å². The van der Waals surface area contributed by atoms with Crippen LogP contribution in [-0.4, -0.2) is 6.17 Å². The highest BCUT2D eigenvalue weighted by Gasteiger charge is 2.35. The van der Waals surface area contributed by atoms with E-state index in [0.717, 1.165) is 6.42 Å². The van der Waals surface area contributed by atoms with E-state index < -0.39 is 6.17 Å². The summed E-state index contributed by atoms with van der Waals surface area (Å²) in [5.41, 5.74) is 0.942. The van der Waals surface area contributed by atoms with Gasteiger partial charge in [0, 0.05) is 5.41 Å². The molecule has 0 fully saturated rings. The number of hydrogen-bond donors (Lipinski definition) is 0. The highest BCUT2D eigenvalue weighted by atomic mass is 19.1. The van der Waals surface area contributed by atoms with Gasteiger partial charge in [-0.25, -0.2) is 4.39 Å². The van der Waals surface area contributed by atoms with Crippen molar-refractivity contribution in [2.45, 2.75) is 33.4 Å². The van der Waals surface area contributed by atoms with E-state index in [2.05, 4.69) is 32.1 Å². The van der Waals surface area contributed by atoms with Gasteiger partial charge in [-0.05, 0) is 31.3 Å². The summed E-state index contributed by atoms with van der Waals surface area (Å²) in [4.78, 5) is 0. The van der Waals surface area contributed by atoms with Gasteiger partial charge in [0.25, 0.3) is 0 Å². The van der Waals surface area contributed by atoms with Crippen molar-refractivity contribution in [3.63, 3.8) is 0 Å². The zero-order chi connectivity index (χ0) is 12.5. The minimum atomic E-state index is -0.862. The van der Waals surface area contributed by atoms with Crippen LogP contribution in [0.5, 0.6) is 0 Å². The van der Waals surface area contributed by atoms with E-state index in [1.165, 1.54) is 5.57 Å². The van der Waals surface area contributed by atoms with Crippen LogP contribution in [0.1, 0.15) is 27.2 Å². The standard InChI is InChI=1S/C16H21F/c1-12-7-8-13(2)14(10-12)11-16(3)9-5-4-6-15(16)17/h4-10,13-15H,11H2,1-3H3. The van der Waals surface area contributed by atoms with Gasteiger partial charge in [-0.3, -0.25) is 0 Å². The molecule has 0 aromatic carbocycles. The number of halogens is 1. The van der Waals surface area contributed by atoms with Gasteiger partial charge < -0.3 is 0 Å². The molecule has 0 nitrogen and oxygen atoms in total. The second kappa shape index (κ2) is 4.64. The maximum atomic E-state index is 14.0. The predicted octanol–water partition coefficient (Wildman–Crippen LogP) is 4.62. The molecule has 0 aliphatic heterocycles. The van der Waals surface area contributed by atoms with E-state index in [1.807, 2.05) is 19.1 Å². The molecule has 4 unspecified atom stereocenters. The maximum Gasteiger partial charge on any atom is 0.127 e. The summed E-state index contributed by atoms with van der Waals surface area (Å²) < 4.78 is 14.0. The van der Waals surface area contributed by atoms with Crippen LogP contribution in [-0.2, 0) is 0 Å². The van der Waals surface area contributed by atoms with Crippen molar-refractivity contribution in [1.29, 1.82) is 0 Å². The third kappa shape index (κ3) is 2.59. The average molecular weight is 232 g/mol. The minimum absolute atomic E-state index is 0.352. The van der Waals surface area contributed by atoms with Crippen LogP contribution in [0.2, 0.25) is 0 Å². The topological polar surface area (TPSA) is 0 Å². The zero-order valence-corrected chi connectivity index (χ0v) is 10.9. The quantitative estimate of drug-likeness (QED) is 0.652. The van der Waals surface area contributed by atoms with Crippen molar-refractivity contribution < 1.29 is 4.39 Å². The lowest BCUT2D eigenvalue weighted by Crippen LogP contribution is -2.31. The van der Waals surface area contributed by atoms with E-state index in [0.29, 0.717) is 11.8 Å². The summed E-state index contributed by atoms with van der Waals surface area (Å²) in [6.45, 7) is 6.34. The van der Waals surface area contributed by atoms with E-state index >= 15 is 0 Å². The van der Waals surface area contributed by atoms with Gasteiger partial charge in [-0.15, -0.1) is 0 Å². The number of rotatable bonds is 2. The molecule has 0 spiro atoms. The second-order valence-corrected chi connectivity index (χ2v) is 5.65. The Balaban J connectivity index is 2.13. The molecule has 92 valence electrons. The Hall–Kier alpha value is -1.11. The van der Waals surface area contributed by atoms with E-state index in [4.69, 9.17) is 0 Å². The van der Waals surface area contributed by atoms with Crippen molar-refractivity contribution in [3.8, 4) is 0 Å². The first-order chi connectivity index (χ1) is 8.01. The van der Waals surface area contributed by atoms with Crippen LogP contribution >= 0.6 is 0 Å². The normalized spacial score (nSPS) is 40.5. The number of hydrogen-bond acceptors (Lipinski definition) is 0. The Morgan fingerprint density at radius 2 is 2.06 bits per heavy atom. The number of allylic oxidation sites excluding steroid dienone is 8. The Bertz CT molecular complexity index is 400. The Labute approximate surface area is 104 Å². The van der Waals surface area contributed by atoms with E-state index in [9.17, 15) is 4.39 Å². The maximum absolute atomic E-state index is 14.0. The fourth-order valence-electron chi connectivity index (χ4n) is 2.67. The van der Waals surface area contributed by atoms with Crippen molar-refractivity contribution >= 4 is 0 Å². The molecule has 2 aliphatic rings. The Morgan fingerprint density at radius 3 is 2.76 bits per heavy atom. The van der Waals surface area contributed by atoms with Gasteiger partial charge in [0.2, 0.25) is 0 Å². The lowest BCUT2D eigenvalue weighted by molar-refractivity contribution is 0.176. The van der Waals surface area contributed by atoms with Gasteiger partial charge in [-0.1, -0.05) is 55.9 Å². The SMILES string of the molecule is CC1=CC(CC2(C)C=CC=CC2F)C(C)C=C1. The molecule has 2 aliphatic carbocycles. The van der Waals surface area contributed by atoms with Crippen molar-refractivity contribution in [2.75, 3.05) is 0 Å². The second-order valence-electron chi connectivity index (χ2n) is 5.65. The van der Waals surface area contributed by atoms with Crippen LogP contribution in [0.4, 0.5) is 4.39 Å². The molecule has 0 amide bonds. The molecule has 4 atom stereocenters. The average Bonchev–Trinajstić information content (AvgIpc) is 2.28. The summed E-state index contributed by atoms with van der Waals surface area (Å²) in [6.07, 6.45) is 14.2. The molecule has 1 heteroatoms. The van der Waals surface area contributed by atoms with Crippen molar-refractivity contribution in [3.05, 3.63) is 48.1 Å². The van der Waals surface area contributed by atoms with Crippen molar-refractivity contribution in [2.24, 2.45) is 17.3 Å². The van der Waals surface area contributed by atoms with Gasteiger partial charge in [0.1, 0.15) is 6.17 Å². The summed E-state index contributed by atoms with van der Waals surface area (Å²) in [7, 11) is 0. The van der Waals surface area contributed by atoms with E-state index in [1.54, 1.807) is 12.2 Å². The fraction of sp³-hybridized carbons (Fsp3) is 0.500. The van der Waals surface area contributed by atoms with Crippen LogP contribution < -0.4 is 0 Å². The highest BCUT2D eigenvalue weighted by molar-refractivity contribution is 5.26. The van der Waals surface area contributed by atoms with Gasteiger partial charge in [0.05, 0.1) is 0 Å². The summed E-state index contributed by atoms with van der Waals surface area (Å²) in [6, 6.07) is 0. The monoisotopic (exact) mass is 232 g/mol. The van der Waals surface area contributed by atoms with Crippen molar-refractivity contribution in [1.82, 2.24) is 0 Å². The third-order valence-corrected chi connectivity index (χ3v) is 3.99. The smallest absolute Gasteiger partial charge is 0.127 e. The summed E-state index contributed by atoms with van der Waals surface area (Å²) in [5, 5.41) is 0. The van der Waals surface area contributed by atoms with Gasteiger partial charge in [0.15, 0.2) is 0 Å². The first-order valence-corrected chi connectivity index (χ1v) is 6.38. The molecule has 0 saturated carbocycles. The molecule has 0 aromatic heterocycles. The van der Waals surface area contributed by atoms with Crippen LogP contribution in [0.25, 0.3) is 0 Å².